The highest BCUT2D eigenvalue weighted by atomic mass is 35.5. The van der Waals surface area contributed by atoms with E-state index in [9.17, 15) is 4.79 Å². The fourth-order valence-electron chi connectivity index (χ4n) is 3.95. The lowest BCUT2D eigenvalue weighted by Gasteiger charge is -2.23. The molecule has 0 spiro atoms. The summed E-state index contributed by atoms with van der Waals surface area (Å²) in [6.07, 6.45) is 7.81. The van der Waals surface area contributed by atoms with Gasteiger partial charge in [-0.3, -0.25) is 4.79 Å². The molecule has 158 valence electrons. The van der Waals surface area contributed by atoms with E-state index in [-0.39, 0.29) is 11.8 Å². The molecule has 0 radical (unpaired) electrons. The fourth-order valence-corrected chi connectivity index (χ4v) is 4.19. The van der Waals surface area contributed by atoms with Crippen LogP contribution in [0.5, 0.6) is 0 Å². The van der Waals surface area contributed by atoms with Gasteiger partial charge in [0.25, 0.3) is 0 Å². The number of carbonyl (C=O) groups excluding carboxylic acids is 1. The largest absolute Gasteiger partial charge is 0.367 e. The maximum atomic E-state index is 12.0. The van der Waals surface area contributed by atoms with Gasteiger partial charge >= 0.3 is 0 Å². The molecule has 0 aliphatic heterocycles. The molecule has 30 heavy (non-hydrogen) atoms. The quantitative estimate of drug-likeness (QED) is 0.358. The Morgan fingerprint density at radius 2 is 1.93 bits per heavy atom. The number of carbonyl (C=O) groups is 1. The number of Topliss-reactive ketones (excluding diaryl/α,β-unsaturated/α-hetero) is 1. The number of hydrogen-bond donors (Lipinski definition) is 3. The summed E-state index contributed by atoms with van der Waals surface area (Å²) >= 11 is 6.53. The van der Waals surface area contributed by atoms with Crippen LogP contribution < -0.4 is 10.6 Å². The minimum absolute atomic E-state index is 0.0396. The number of fused-ring (bicyclic) bond motifs is 1. The minimum Gasteiger partial charge on any atom is -0.367 e. The average molecular weight is 427 g/mol. The van der Waals surface area contributed by atoms with Crippen LogP contribution in [0, 0.1) is 0 Å². The van der Waals surface area contributed by atoms with Crippen LogP contribution in [0.15, 0.2) is 18.3 Å². The lowest BCUT2D eigenvalue weighted by Crippen LogP contribution is -2.22. The van der Waals surface area contributed by atoms with Crippen molar-refractivity contribution in [1.29, 1.82) is 0 Å². The first-order valence-corrected chi connectivity index (χ1v) is 10.9. The SMILES string of the molecule is CC(=O)c1c[nH]c2nc(-c3ccc(NC4CCCCC4)nc3Cl)nc(NC(C)C)c12. The van der Waals surface area contributed by atoms with Crippen LogP contribution in [0.1, 0.15) is 63.2 Å². The second-order valence-electron chi connectivity index (χ2n) is 8.19. The highest BCUT2D eigenvalue weighted by Crippen LogP contribution is 2.32. The smallest absolute Gasteiger partial charge is 0.167 e. The fraction of sp³-hybridized carbons (Fsp3) is 0.455. The normalized spacial score (nSPS) is 15.0. The van der Waals surface area contributed by atoms with E-state index in [0.29, 0.717) is 45.0 Å². The van der Waals surface area contributed by atoms with Crippen molar-refractivity contribution in [2.24, 2.45) is 0 Å². The molecule has 3 aromatic heterocycles. The number of aromatic nitrogens is 4. The molecular weight excluding hydrogens is 400 g/mol. The number of aromatic amines is 1. The van der Waals surface area contributed by atoms with Gasteiger partial charge in [0.05, 0.1) is 10.9 Å². The van der Waals surface area contributed by atoms with Gasteiger partial charge in [0.2, 0.25) is 0 Å². The molecule has 0 unspecified atom stereocenters. The number of nitrogens with one attached hydrogen (secondary N) is 3. The van der Waals surface area contributed by atoms with Crippen molar-refractivity contribution < 1.29 is 4.79 Å². The minimum atomic E-state index is -0.0396. The lowest BCUT2D eigenvalue weighted by atomic mass is 9.95. The van der Waals surface area contributed by atoms with E-state index in [1.165, 1.54) is 26.2 Å². The molecule has 0 aromatic carbocycles. The average Bonchev–Trinajstić information content (AvgIpc) is 3.13. The Morgan fingerprint density at radius 3 is 2.60 bits per heavy atom. The van der Waals surface area contributed by atoms with Crippen LogP contribution in [-0.4, -0.2) is 37.8 Å². The van der Waals surface area contributed by atoms with Gasteiger partial charge in [-0.05, 0) is 45.7 Å². The van der Waals surface area contributed by atoms with Crippen molar-refractivity contribution in [1.82, 2.24) is 19.9 Å². The molecule has 1 fully saturated rings. The molecule has 8 heteroatoms. The molecule has 0 bridgehead atoms. The number of H-pyrrole nitrogens is 1. The number of pyridine rings is 1. The number of hydrogen-bond acceptors (Lipinski definition) is 6. The highest BCUT2D eigenvalue weighted by molar-refractivity contribution is 6.32. The zero-order valence-electron chi connectivity index (χ0n) is 17.6. The second kappa shape index (κ2) is 8.60. The third-order valence-corrected chi connectivity index (χ3v) is 5.67. The first kappa shape index (κ1) is 20.6. The van der Waals surface area contributed by atoms with Crippen molar-refractivity contribution in [3.8, 4) is 11.4 Å². The Morgan fingerprint density at radius 1 is 1.17 bits per heavy atom. The molecule has 7 nitrogen and oxygen atoms in total. The number of halogens is 1. The summed E-state index contributed by atoms with van der Waals surface area (Å²) in [6.45, 7) is 5.58. The maximum absolute atomic E-state index is 12.0. The molecule has 0 atom stereocenters. The summed E-state index contributed by atoms with van der Waals surface area (Å²) in [5.74, 6) is 1.81. The first-order chi connectivity index (χ1) is 14.4. The summed E-state index contributed by atoms with van der Waals surface area (Å²) in [4.78, 5) is 29.0. The van der Waals surface area contributed by atoms with Gasteiger partial charge in [-0.15, -0.1) is 0 Å². The van der Waals surface area contributed by atoms with Crippen LogP contribution in [0.4, 0.5) is 11.6 Å². The van der Waals surface area contributed by atoms with E-state index in [0.717, 1.165) is 18.7 Å². The molecule has 4 rings (SSSR count). The Kier molecular flexibility index (Phi) is 5.90. The van der Waals surface area contributed by atoms with Gasteiger partial charge < -0.3 is 15.6 Å². The summed E-state index contributed by atoms with van der Waals surface area (Å²) < 4.78 is 0. The first-order valence-electron chi connectivity index (χ1n) is 10.5. The van der Waals surface area contributed by atoms with Gasteiger partial charge in [0.1, 0.15) is 22.4 Å². The van der Waals surface area contributed by atoms with Crippen molar-refractivity contribution >= 4 is 40.1 Å². The van der Waals surface area contributed by atoms with E-state index < -0.39 is 0 Å². The van der Waals surface area contributed by atoms with E-state index in [1.807, 2.05) is 26.0 Å². The van der Waals surface area contributed by atoms with Gasteiger partial charge in [-0.2, -0.15) is 0 Å². The van der Waals surface area contributed by atoms with Gasteiger partial charge in [-0.25, -0.2) is 15.0 Å². The topological polar surface area (TPSA) is 95.6 Å². The van der Waals surface area contributed by atoms with Crippen LogP contribution in [0.3, 0.4) is 0 Å². The zero-order valence-corrected chi connectivity index (χ0v) is 18.3. The van der Waals surface area contributed by atoms with Crippen molar-refractivity contribution in [3.05, 3.63) is 29.0 Å². The molecule has 0 saturated heterocycles. The van der Waals surface area contributed by atoms with E-state index in [1.54, 1.807) is 6.20 Å². The Bertz CT molecular complexity index is 1070. The standard InChI is InChI=1S/C22H27ClN6O/c1-12(2)25-22-18-16(13(3)30)11-24-21(18)28-20(29-22)15-9-10-17(27-19(15)23)26-14-7-5-4-6-8-14/h9-12,14H,4-8H2,1-3H3,(H,26,27)(H2,24,25,28,29). The Balaban J connectivity index is 1.70. The van der Waals surface area contributed by atoms with Crippen LogP contribution in [-0.2, 0) is 0 Å². The molecular formula is C22H27ClN6O. The highest BCUT2D eigenvalue weighted by Gasteiger charge is 2.20. The molecule has 0 amide bonds. The summed E-state index contributed by atoms with van der Waals surface area (Å²) in [5, 5.41) is 7.86. The van der Waals surface area contributed by atoms with Gasteiger partial charge in [0.15, 0.2) is 11.6 Å². The molecule has 1 aliphatic carbocycles. The molecule has 3 aromatic rings. The maximum Gasteiger partial charge on any atom is 0.167 e. The van der Waals surface area contributed by atoms with Gasteiger partial charge in [0, 0.05) is 23.8 Å². The van der Waals surface area contributed by atoms with Crippen molar-refractivity contribution in [2.45, 2.75) is 65.0 Å². The van der Waals surface area contributed by atoms with Crippen LogP contribution >= 0.6 is 11.6 Å². The summed E-state index contributed by atoms with van der Waals surface area (Å²) in [5.41, 5.74) is 1.81. The molecule has 1 aliphatic rings. The summed E-state index contributed by atoms with van der Waals surface area (Å²) in [7, 11) is 0. The number of ketones is 1. The third-order valence-electron chi connectivity index (χ3n) is 5.38. The van der Waals surface area contributed by atoms with Crippen LogP contribution in [0.2, 0.25) is 5.15 Å². The van der Waals surface area contributed by atoms with E-state index in [4.69, 9.17) is 16.6 Å². The lowest BCUT2D eigenvalue weighted by molar-refractivity contribution is 0.101. The zero-order chi connectivity index (χ0) is 21.3. The van der Waals surface area contributed by atoms with Gasteiger partial charge in [-0.1, -0.05) is 30.9 Å². The number of nitrogens with zero attached hydrogens (tertiary/aromatic N) is 3. The molecule has 3 N–H and O–H groups in total. The Hall–Kier alpha value is -2.67. The monoisotopic (exact) mass is 426 g/mol. The van der Waals surface area contributed by atoms with Crippen LogP contribution in [0.25, 0.3) is 22.4 Å². The second-order valence-corrected chi connectivity index (χ2v) is 8.55. The molecule has 3 heterocycles. The molecule has 1 saturated carbocycles. The predicted octanol–water partition coefficient (Wildman–Crippen LogP) is 5.44. The van der Waals surface area contributed by atoms with Crippen molar-refractivity contribution in [3.63, 3.8) is 0 Å². The summed E-state index contributed by atoms with van der Waals surface area (Å²) in [6, 6.07) is 4.41. The number of anilines is 2. The number of rotatable bonds is 6. The van der Waals surface area contributed by atoms with Crippen molar-refractivity contribution in [2.75, 3.05) is 10.6 Å². The Labute approximate surface area is 181 Å². The van der Waals surface area contributed by atoms with E-state index in [2.05, 4.69) is 25.6 Å². The van der Waals surface area contributed by atoms with E-state index >= 15 is 0 Å². The predicted molar refractivity (Wildman–Crippen MR) is 121 cm³/mol. The third kappa shape index (κ3) is 4.26.